The van der Waals surface area contributed by atoms with Gasteiger partial charge in [0.1, 0.15) is 5.76 Å². The lowest BCUT2D eigenvalue weighted by molar-refractivity contribution is 0.246. The molecule has 1 aromatic heterocycles. The van der Waals surface area contributed by atoms with Crippen LogP contribution in [0.4, 0.5) is 0 Å². The molecule has 3 rings (SSSR count). The van der Waals surface area contributed by atoms with Crippen LogP contribution in [0.5, 0.6) is 0 Å². The largest absolute Gasteiger partial charge is 0.447 e. The molecule has 20 heavy (non-hydrogen) atoms. The number of rotatable bonds is 3. The van der Waals surface area contributed by atoms with Gasteiger partial charge < -0.3 is 10.2 Å². The Morgan fingerprint density at radius 3 is 2.75 bits per heavy atom. The molecule has 2 aliphatic heterocycles. The zero-order chi connectivity index (χ0) is 14.3. The van der Waals surface area contributed by atoms with Crippen molar-refractivity contribution in [2.75, 3.05) is 20.1 Å². The van der Waals surface area contributed by atoms with Crippen molar-refractivity contribution >= 4 is 10.0 Å². The van der Waals surface area contributed by atoms with E-state index in [0.29, 0.717) is 30.9 Å². The minimum absolute atomic E-state index is 0.0124. The molecule has 1 aromatic rings. The van der Waals surface area contributed by atoms with Gasteiger partial charge in [0.05, 0.1) is 6.54 Å². The third kappa shape index (κ3) is 2.28. The van der Waals surface area contributed by atoms with E-state index in [4.69, 9.17) is 10.2 Å². The number of hydrogen-bond donors (Lipinski definition) is 1. The summed E-state index contributed by atoms with van der Waals surface area (Å²) in [6, 6.07) is 3.96. The van der Waals surface area contributed by atoms with Crippen LogP contribution in [-0.2, 0) is 16.6 Å². The molecular weight excluding hydrogens is 278 g/mol. The zero-order valence-electron chi connectivity index (χ0n) is 11.7. The van der Waals surface area contributed by atoms with Crippen LogP contribution in [0.25, 0.3) is 0 Å². The average molecular weight is 299 g/mol. The Morgan fingerprint density at radius 2 is 2.05 bits per heavy atom. The topological polar surface area (TPSA) is 79.8 Å². The van der Waals surface area contributed by atoms with Crippen LogP contribution in [-0.4, -0.2) is 49.8 Å². The van der Waals surface area contributed by atoms with Gasteiger partial charge in [-0.3, -0.25) is 4.90 Å². The standard InChI is InChI=1S/C13H21N3O3S/c1-15-10-2-3-11(15)9-16(7-6-10)20(17,18)13-5-4-12(8-14)19-13/h4-5,10-11H,2-3,6-9,14H2,1H3. The van der Waals surface area contributed by atoms with Gasteiger partial charge in [-0.05, 0) is 38.4 Å². The molecule has 2 N–H and O–H groups in total. The minimum Gasteiger partial charge on any atom is -0.447 e. The summed E-state index contributed by atoms with van der Waals surface area (Å²) in [6.07, 6.45) is 3.13. The molecule has 2 fully saturated rings. The highest BCUT2D eigenvalue weighted by atomic mass is 32.2. The van der Waals surface area contributed by atoms with E-state index in [1.165, 1.54) is 12.5 Å². The molecule has 0 saturated carbocycles. The molecule has 2 bridgehead atoms. The first-order chi connectivity index (χ1) is 9.52. The predicted octanol–water partition coefficient (Wildman–Crippen LogP) is 0.596. The number of likely N-dealkylation sites (N-methyl/N-ethyl adjacent to an activating group) is 1. The molecule has 0 aliphatic carbocycles. The predicted molar refractivity (Wildman–Crippen MR) is 74.5 cm³/mol. The minimum atomic E-state index is -3.54. The molecule has 0 amide bonds. The van der Waals surface area contributed by atoms with Gasteiger partial charge in [0.25, 0.3) is 10.0 Å². The fraction of sp³-hybridized carbons (Fsp3) is 0.692. The van der Waals surface area contributed by atoms with Crippen LogP contribution < -0.4 is 5.73 Å². The van der Waals surface area contributed by atoms with Crippen LogP contribution in [0.2, 0.25) is 0 Å². The second-order valence-electron chi connectivity index (χ2n) is 5.63. The molecule has 2 unspecified atom stereocenters. The van der Waals surface area contributed by atoms with Crippen LogP contribution in [0.3, 0.4) is 0 Å². The fourth-order valence-electron chi connectivity index (χ4n) is 3.23. The summed E-state index contributed by atoms with van der Waals surface area (Å²) in [6.45, 7) is 1.32. The van der Waals surface area contributed by atoms with Crippen molar-refractivity contribution in [1.82, 2.24) is 9.21 Å². The van der Waals surface area contributed by atoms with Gasteiger partial charge in [-0.15, -0.1) is 0 Å². The monoisotopic (exact) mass is 299 g/mol. The molecule has 0 aromatic carbocycles. The highest BCUT2D eigenvalue weighted by molar-refractivity contribution is 7.89. The van der Waals surface area contributed by atoms with Crippen LogP contribution >= 0.6 is 0 Å². The molecular formula is C13H21N3O3S. The van der Waals surface area contributed by atoms with Crippen molar-refractivity contribution in [2.24, 2.45) is 5.73 Å². The third-order valence-electron chi connectivity index (χ3n) is 4.54. The van der Waals surface area contributed by atoms with Gasteiger partial charge in [0.2, 0.25) is 5.09 Å². The first-order valence-corrected chi connectivity index (χ1v) is 8.47. The van der Waals surface area contributed by atoms with Gasteiger partial charge >= 0.3 is 0 Å². The number of fused-ring (bicyclic) bond motifs is 2. The lowest BCUT2D eigenvalue weighted by Crippen LogP contribution is -2.39. The molecule has 6 nitrogen and oxygen atoms in total. The van der Waals surface area contributed by atoms with E-state index in [1.807, 2.05) is 0 Å². The van der Waals surface area contributed by atoms with E-state index >= 15 is 0 Å². The Labute approximate surface area is 119 Å². The van der Waals surface area contributed by atoms with Crippen molar-refractivity contribution in [3.05, 3.63) is 17.9 Å². The molecule has 0 radical (unpaired) electrons. The average Bonchev–Trinajstić information content (AvgIpc) is 2.95. The molecule has 2 atom stereocenters. The SMILES string of the molecule is CN1C2CCC1CN(S(=O)(=O)c1ccc(CN)o1)CC2. The van der Waals surface area contributed by atoms with E-state index in [1.54, 1.807) is 10.4 Å². The van der Waals surface area contributed by atoms with Crippen molar-refractivity contribution in [3.63, 3.8) is 0 Å². The zero-order valence-corrected chi connectivity index (χ0v) is 12.5. The number of furan rings is 1. The third-order valence-corrected chi connectivity index (χ3v) is 6.28. The maximum Gasteiger partial charge on any atom is 0.276 e. The normalized spacial score (nSPS) is 28.7. The molecule has 2 aliphatic rings. The molecule has 2 saturated heterocycles. The molecule has 112 valence electrons. The summed E-state index contributed by atoms with van der Waals surface area (Å²) >= 11 is 0. The Hall–Kier alpha value is -0.890. The highest BCUT2D eigenvalue weighted by Gasteiger charge is 2.39. The summed E-state index contributed by atoms with van der Waals surface area (Å²) in [5.41, 5.74) is 5.47. The fourth-order valence-corrected chi connectivity index (χ4v) is 4.65. The number of nitrogens with zero attached hydrogens (tertiary/aromatic N) is 2. The van der Waals surface area contributed by atoms with Gasteiger partial charge in [0, 0.05) is 25.2 Å². The van der Waals surface area contributed by atoms with E-state index in [0.717, 1.165) is 12.8 Å². The first kappa shape index (κ1) is 14.1. The van der Waals surface area contributed by atoms with Crippen molar-refractivity contribution in [3.8, 4) is 0 Å². The smallest absolute Gasteiger partial charge is 0.276 e. The van der Waals surface area contributed by atoms with Crippen molar-refractivity contribution < 1.29 is 12.8 Å². The van der Waals surface area contributed by atoms with Crippen LogP contribution in [0.1, 0.15) is 25.0 Å². The second kappa shape index (κ2) is 5.14. The van der Waals surface area contributed by atoms with E-state index in [9.17, 15) is 8.42 Å². The highest BCUT2D eigenvalue weighted by Crippen LogP contribution is 2.31. The lowest BCUT2D eigenvalue weighted by Gasteiger charge is -2.24. The summed E-state index contributed by atoms with van der Waals surface area (Å²) in [4.78, 5) is 2.32. The number of sulfonamides is 1. The summed E-state index contributed by atoms with van der Waals surface area (Å²) in [5, 5.41) is 0.0124. The van der Waals surface area contributed by atoms with Gasteiger partial charge in [-0.1, -0.05) is 0 Å². The second-order valence-corrected chi connectivity index (χ2v) is 7.50. The number of nitrogens with two attached hydrogens (primary N) is 1. The van der Waals surface area contributed by atoms with Crippen LogP contribution in [0.15, 0.2) is 21.6 Å². The Balaban J connectivity index is 1.84. The Kier molecular flexibility index (Phi) is 3.62. The van der Waals surface area contributed by atoms with Gasteiger partial charge in [-0.25, -0.2) is 8.42 Å². The quantitative estimate of drug-likeness (QED) is 0.884. The molecule has 0 spiro atoms. The summed E-state index contributed by atoms with van der Waals surface area (Å²) in [7, 11) is -1.44. The maximum atomic E-state index is 12.6. The van der Waals surface area contributed by atoms with Crippen LogP contribution in [0, 0.1) is 0 Å². The maximum absolute atomic E-state index is 12.6. The summed E-state index contributed by atoms with van der Waals surface area (Å²) < 4.78 is 32.1. The number of hydrogen-bond acceptors (Lipinski definition) is 5. The van der Waals surface area contributed by atoms with E-state index in [-0.39, 0.29) is 11.6 Å². The Bertz CT molecular complexity index is 583. The van der Waals surface area contributed by atoms with E-state index < -0.39 is 10.0 Å². The lowest BCUT2D eigenvalue weighted by atomic mass is 10.1. The van der Waals surface area contributed by atoms with Gasteiger partial charge in [-0.2, -0.15) is 4.31 Å². The molecule has 3 heterocycles. The van der Waals surface area contributed by atoms with E-state index in [2.05, 4.69) is 11.9 Å². The molecule has 7 heteroatoms. The summed E-state index contributed by atoms with van der Waals surface area (Å²) in [5.74, 6) is 0.497. The first-order valence-electron chi connectivity index (χ1n) is 7.03. The Morgan fingerprint density at radius 1 is 1.30 bits per heavy atom. The van der Waals surface area contributed by atoms with Crippen molar-refractivity contribution in [2.45, 2.75) is 43.0 Å². The van der Waals surface area contributed by atoms with Crippen molar-refractivity contribution in [1.29, 1.82) is 0 Å². The van der Waals surface area contributed by atoms with Gasteiger partial charge in [0.15, 0.2) is 0 Å².